The van der Waals surface area contributed by atoms with Gasteiger partial charge in [0.1, 0.15) is 0 Å². The van der Waals surface area contributed by atoms with Crippen LogP contribution in [-0.4, -0.2) is 28.8 Å². The second-order valence-corrected chi connectivity index (χ2v) is 8.81. The van der Waals surface area contributed by atoms with E-state index in [1.807, 2.05) is 30.3 Å². The maximum Gasteiger partial charge on any atom is 0.233 e. The maximum absolute atomic E-state index is 12.1. The van der Waals surface area contributed by atoms with E-state index in [1.54, 1.807) is 0 Å². The molecule has 2 rings (SSSR count). The quantitative estimate of drug-likeness (QED) is 0.874. The molecule has 0 saturated carbocycles. The average molecular weight is 339 g/mol. The predicted octanol–water partition coefficient (Wildman–Crippen LogP) is 2.07. The first-order valence-corrected chi connectivity index (χ1v) is 10.2. The summed E-state index contributed by atoms with van der Waals surface area (Å²) in [5.41, 5.74) is 1.17. The Morgan fingerprint density at radius 1 is 0.909 bits per heavy atom. The zero-order chi connectivity index (χ0) is 16.2. The van der Waals surface area contributed by atoms with E-state index in [-0.39, 0.29) is 16.3 Å². The fourth-order valence-corrected chi connectivity index (χ4v) is 3.68. The highest BCUT2D eigenvalue weighted by molar-refractivity contribution is 7.92. The van der Waals surface area contributed by atoms with Crippen molar-refractivity contribution >= 4 is 25.5 Å². The molecule has 0 atom stereocenters. The molecule has 0 bridgehead atoms. The minimum atomic E-state index is -3.54. The smallest absolute Gasteiger partial charge is 0.233 e. The Labute approximate surface area is 131 Å². The molecule has 0 amide bonds. The van der Waals surface area contributed by atoms with Gasteiger partial charge >= 0.3 is 0 Å². The van der Waals surface area contributed by atoms with Crippen molar-refractivity contribution in [3.63, 3.8) is 0 Å². The number of hydrogen-bond acceptors (Lipinski definition) is 4. The molecule has 22 heavy (non-hydrogen) atoms. The molecule has 7 heteroatoms. The van der Waals surface area contributed by atoms with E-state index in [4.69, 9.17) is 0 Å². The molecule has 2 aromatic carbocycles. The van der Waals surface area contributed by atoms with Gasteiger partial charge in [0.25, 0.3) is 0 Å². The molecule has 1 N–H and O–H groups in total. The third kappa shape index (κ3) is 4.85. The summed E-state index contributed by atoms with van der Waals surface area (Å²) in [7, 11) is -6.91. The van der Waals surface area contributed by atoms with Crippen LogP contribution < -0.4 is 4.72 Å². The number of hydrogen-bond donors (Lipinski definition) is 1. The first kappa shape index (κ1) is 16.5. The number of anilines is 1. The summed E-state index contributed by atoms with van der Waals surface area (Å²) in [6.07, 6.45) is 1.47. The van der Waals surface area contributed by atoms with Crippen LogP contribution in [0.4, 0.5) is 5.69 Å². The van der Waals surface area contributed by atoms with E-state index in [2.05, 4.69) is 4.72 Å². The van der Waals surface area contributed by atoms with Gasteiger partial charge in [-0.2, -0.15) is 0 Å². The lowest BCUT2D eigenvalue weighted by molar-refractivity contribution is 0.598. The molecular weight excluding hydrogens is 322 g/mol. The Morgan fingerprint density at radius 3 is 2.23 bits per heavy atom. The minimum Gasteiger partial charge on any atom is -0.284 e. The van der Waals surface area contributed by atoms with Crippen LogP contribution in [0.1, 0.15) is 5.56 Å². The number of aryl methyl sites for hydroxylation is 1. The Kier molecular flexibility index (Phi) is 4.87. The highest BCUT2D eigenvalue weighted by Crippen LogP contribution is 2.16. The largest absolute Gasteiger partial charge is 0.284 e. The van der Waals surface area contributed by atoms with Gasteiger partial charge in [-0.15, -0.1) is 0 Å². The van der Waals surface area contributed by atoms with Crippen molar-refractivity contribution in [2.24, 2.45) is 0 Å². The summed E-state index contributed by atoms with van der Waals surface area (Å²) >= 11 is 0. The molecular formula is C15H17NO4S2. The van der Waals surface area contributed by atoms with Crippen molar-refractivity contribution in [3.05, 3.63) is 60.2 Å². The first-order valence-electron chi connectivity index (χ1n) is 6.61. The number of nitrogens with one attached hydrogen (secondary N) is 1. The SMILES string of the molecule is CS(=O)(=O)c1cccc(NS(=O)(=O)CCc2ccccc2)c1. The minimum absolute atomic E-state index is 0.0693. The third-order valence-electron chi connectivity index (χ3n) is 3.04. The summed E-state index contributed by atoms with van der Waals surface area (Å²) in [6.45, 7) is 0. The van der Waals surface area contributed by atoms with Gasteiger partial charge in [0.2, 0.25) is 10.0 Å². The summed E-state index contributed by atoms with van der Waals surface area (Å²) in [5, 5.41) is 0. The van der Waals surface area contributed by atoms with Crippen molar-refractivity contribution in [3.8, 4) is 0 Å². The van der Waals surface area contributed by atoms with E-state index in [9.17, 15) is 16.8 Å². The molecule has 118 valence electrons. The normalized spacial score (nSPS) is 12.0. The standard InChI is InChI=1S/C15H17NO4S2/c1-21(17,18)15-9-5-8-14(12-15)16-22(19,20)11-10-13-6-3-2-4-7-13/h2-9,12,16H,10-11H2,1H3. The highest BCUT2D eigenvalue weighted by Gasteiger charge is 2.13. The molecule has 0 saturated heterocycles. The topological polar surface area (TPSA) is 80.3 Å². The summed E-state index contributed by atoms with van der Waals surface area (Å²) in [6, 6.07) is 15.1. The number of rotatable bonds is 6. The summed E-state index contributed by atoms with van der Waals surface area (Å²) < 4.78 is 49.5. The lowest BCUT2D eigenvalue weighted by atomic mass is 10.2. The van der Waals surface area contributed by atoms with Crippen molar-refractivity contribution in [1.29, 1.82) is 0 Å². The lowest BCUT2D eigenvalue weighted by Crippen LogP contribution is -2.18. The summed E-state index contributed by atoms with van der Waals surface area (Å²) in [4.78, 5) is 0.0794. The van der Waals surface area contributed by atoms with Gasteiger partial charge in [0.05, 0.1) is 10.6 Å². The molecule has 0 aliphatic carbocycles. The van der Waals surface area contributed by atoms with Gasteiger partial charge < -0.3 is 0 Å². The second-order valence-electron chi connectivity index (χ2n) is 4.96. The van der Waals surface area contributed by atoms with E-state index in [0.717, 1.165) is 11.8 Å². The fourth-order valence-electron chi connectivity index (χ4n) is 1.92. The van der Waals surface area contributed by atoms with E-state index >= 15 is 0 Å². The Morgan fingerprint density at radius 2 is 1.59 bits per heavy atom. The molecule has 0 aliphatic rings. The zero-order valence-corrected chi connectivity index (χ0v) is 13.7. The van der Waals surface area contributed by atoms with Crippen molar-refractivity contribution in [2.75, 3.05) is 16.7 Å². The van der Waals surface area contributed by atoms with Crippen LogP contribution in [0, 0.1) is 0 Å². The van der Waals surface area contributed by atoms with Gasteiger partial charge in [-0.1, -0.05) is 36.4 Å². The number of sulfonamides is 1. The molecule has 5 nitrogen and oxygen atoms in total. The Balaban J connectivity index is 2.09. The number of benzene rings is 2. The fraction of sp³-hybridized carbons (Fsp3) is 0.200. The predicted molar refractivity (Wildman–Crippen MR) is 87.1 cm³/mol. The van der Waals surface area contributed by atoms with Crippen molar-refractivity contribution in [1.82, 2.24) is 0 Å². The molecule has 0 unspecified atom stereocenters. The van der Waals surface area contributed by atoms with Crippen LogP contribution in [0.15, 0.2) is 59.5 Å². The molecule has 0 aliphatic heterocycles. The van der Waals surface area contributed by atoms with Crippen LogP contribution in [0.2, 0.25) is 0 Å². The van der Waals surface area contributed by atoms with Gasteiger partial charge in [0, 0.05) is 11.9 Å². The van der Waals surface area contributed by atoms with Crippen molar-refractivity contribution < 1.29 is 16.8 Å². The zero-order valence-electron chi connectivity index (χ0n) is 12.1. The molecule has 0 heterocycles. The Bertz CT molecular complexity index is 844. The highest BCUT2D eigenvalue weighted by atomic mass is 32.2. The second kappa shape index (κ2) is 6.50. The van der Waals surface area contributed by atoms with Gasteiger partial charge in [-0.05, 0) is 30.2 Å². The van der Waals surface area contributed by atoms with Gasteiger partial charge in [-0.3, -0.25) is 4.72 Å². The van der Waals surface area contributed by atoms with Crippen LogP contribution in [-0.2, 0) is 26.3 Å². The van der Waals surface area contributed by atoms with Crippen LogP contribution in [0.5, 0.6) is 0 Å². The third-order valence-corrected chi connectivity index (χ3v) is 5.44. The molecule has 2 aromatic rings. The van der Waals surface area contributed by atoms with Crippen LogP contribution in [0.3, 0.4) is 0 Å². The molecule has 0 fully saturated rings. The molecule has 0 spiro atoms. The maximum atomic E-state index is 12.1. The van der Waals surface area contributed by atoms with Gasteiger partial charge in [0.15, 0.2) is 9.84 Å². The first-order chi connectivity index (χ1) is 10.3. The van der Waals surface area contributed by atoms with E-state index < -0.39 is 19.9 Å². The number of sulfone groups is 1. The lowest BCUT2D eigenvalue weighted by Gasteiger charge is -2.09. The van der Waals surface area contributed by atoms with Crippen LogP contribution >= 0.6 is 0 Å². The van der Waals surface area contributed by atoms with E-state index in [1.165, 1.54) is 24.3 Å². The average Bonchev–Trinajstić information content (AvgIpc) is 2.45. The summed E-state index contributed by atoms with van der Waals surface area (Å²) in [5.74, 6) is -0.0693. The van der Waals surface area contributed by atoms with Crippen molar-refractivity contribution in [2.45, 2.75) is 11.3 Å². The Hall–Kier alpha value is -1.86. The molecule has 0 aromatic heterocycles. The monoisotopic (exact) mass is 339 g/mol. The van der Waals surface area contributed by atoms with Crippen LogP contribution in [0.25, 0.3) is 0 Å². The molecule has 0 radical (unpaired) electrons. The van der Waals surface area contributed by atoms with E-state index in [0.29, 0.717) is 6.42 Å². The van der Waals surface area contributed by atoms with Gasteiger partial charge in [-0.25, -0.2) is 16.8 Å².